The Hall–Kier alpha value is -1.50. The molecule has 0 amide bonds. The van der Waals surface area contributed by atoms with Gasteiger partial charge < -0.3 is 4.42 Å². The molecule has 96 valence electrons. The molecule has 1 heterocycles. The highest BCUT2D eigenvalue weighted by Crippen LogP contribution is 2.31. The van der Waals surface area contributed by atoms with Gasteiger partial charge in [-0.3, -0.25) is 0 Å². The number of fused-ring (bicyclic) bond motifs is 1. The zero-order valence-electron chi connectivity index (χ0n) is 11.7. The number of rotatable bonds is 5. The van der Waals surface area contributed by atoms with Gasteiger partial charge in [0, 0.05) is 10.9 Å². The molecule has 0 radical (unpaired) electrons. The summed E-state index contributed by atoms with van der Waals surface area (Å²) in [5.41, 5.74) is 5.14. The Morgan fingerprint density at radius 3 is 2.67 bits per heavy atom. The van der Waals surface area contributed by atoms with E-state index in [9.17, 15) is 0 Å². The molecule has 0 N–H and O–H groups in total. The summed E-state index contributed by atoms with van der Waals surface area (Å²) in [5, 5.41) is 1.34. The Morgan fingerprint density at radius 2 is 1.94 bits per heavy atom. The topological polar surface area (TPSA) is 13.1 Å². The van der Waals surface area contributed by atoms with Gasteiger partial charge in [0.15, 0.2) is 0 Å². The first-order chi connectivity index (χ1) is 8.65. The van der Waals surface area contributed by atoms with Gasteiger partial charge in [0.1, 0.15) is 11.3 Å². The van der Waals surface area contributed by atoms with Crippen LogP contribution in [0.3, 0.4) is 0 Å². The molecule has 2 rings (SSSR count). The van der Waals surface area contributed by atoms with Gasteiger partial charge in [-0.15, -0.1) is 6.58 Å². The van der Waals surface area contributed by atoms with Crippen LogP contribution in [0.2, 0.25) is 0 Å². The molecule has 0 aliphatic rings. The molecule has 0 aliphatic carbocycles. The third-order valence-corrected chi connectivity index (χ3v) is 3.77. The van der Waals surface area contributed by atoms with E-state index in [-0.39, 0.29) is 0 Å². The molecular formula is C17H22O. The second-order valence-electron chi connectivity index (χ2n) is 5.05. The number of allylic oxidation sites excluding steroid dienone is 1. The van der Waals surface area contributed by atoms with Crippen molar-refractivity contribution < 1.29 is 4.42 Å². The molecule has 2 aromatic rings. The van der Waals surface area contributed by atoms with Crippen molar-refractivity contribution in [3.63, 3.8) is 0 Å². The molecule has 0 aliphatic heterocycles. The van der Waals surface area contributed by atoms with Gasteiger partial charge in [-0.05, 0) is 63.6 Å². The Balaban J connectivity index is 2.33. The van der Waals surface area contributed by atoms with Crippen LogP contribution >= 0.6 is 0 Å². The number of aryl methyl sites for hydroxylation is 4. The molecule has 0 saturated heterocycles. The number of benzene rings is 1. The predicted molar refractivity (Wildman–Crippen MR) is 78.2 cm³/mol. The highest BCUT2D eigenvalue weighted by atomic mass is 16.3. The van der Waals surface area contributed by atoms with Gasteiger partial charge in [0.2, 0.25) is 0 Å². The van der Waals surface area contributed by atoms with Crippen molar-refractivity contribution in [3.8, 4) is 0 Å². The van der Waals surface area contributed by atoms with Crippen LogP contribution in [-0.4, -0.2) is 0 Å². The minimum absolute atomic E-state index is 1.04. The SMILES string of the molecule is C=CCCCCc1c(C)oc2ccc(C)c(C)c12. The highest BCUT2D eigenvalue weighted by molar-refractivity contribution is 5.86. The summed E-state index contributed by atoms with van der Waals surface area (Å²) in [5.74, 6) is 1.08. The maximum Gasteiger partial charge on any atom is 0.134 e. The van der Waals surface area contributed by atoms with E-state index >= 15 is 0 Å². The van der Waals surface area contributed by atoms with Crippen LogP contribution in [-0.2, 0) is 6.42 Å². The minimum Gasteiger partial charge on any atom is -0.461 e. The van der Waals surface area contributed by atoms with E-state index in [0.29, 0.717) is 0 Å². The molecule has 1 heteroatoms. The van der Waals surface area contributed by atoms with Crippen molar-refractivity contribution in [1.82, 2.24) is 0 Å². The molecule has 0 unspecified atom stereocenters. The number of hydrogen-bond acceptors (Lipinski definition) is 1. The normalized spacial score (nSPS) is 11.1. The molecule has 1 nitrogen and oxygen atoms in total. The zero-order chi connectivity index (χ0) is 13.1. The lowest BCUT2D eigenvalue weighted by Gasteiger charge is -2.04. The van der Waals surface area contributed by atoms with E-state index in [2.05, 4.69) is 39.5 Å². The lowest BCUT2D eigenvalue weighted by atomic mass is 9.98. The molecule has 0 bridgehead atoms. The maximum absolute atomic E-state index is 5.87. The average Bonchev–Trinajstić information content (AvgIpc) is 2.67. The number of unbranched alkanes of at least 4 members (excludes halogenated alkanes) is 2. The first-order valence-corrected chi connectivity index (χ1v) is 6.74. The lowest BCUT2D eigenvalue weighted by Crippen LogP contribution is -1.89. The van der Waals surface area contributed by atoms with Crippen molar-refractivity contribution in [2.45, 2.75) is 46.5 Å². The van der Waals surface area contributed by atoms with Gasteiger partial charge in [-0.25, -0.2) is 0 Å². The van der Waals surface area contributed by atoms with Crippen LogP contribution in [0, 0.1) is 20.8 Å². The van der Waals surface area contributed by atoms with E-state index in [1.807, 2.05) is 6.08 Å². The Kier molecular flexibility index (Phi) is 3.90. The van der Waals surface area contributed by atoms with Crippen LogP contribution < -0.4 is 0 Å². The van der Waals surface area contributed by atoms with E-state index < -0.39 is 0 Å². The first kappa shape index (κ1) is 12.9. The van der Waals surface area contributed by atoms with E-state index in [0.717, 1.165) is 24.2 Å². The molecule has 1 aromatic heterocycles. The summed E-state index contributed by atoms with van der Waals surface area (Å²) < 4.78 is 5.87. The summed E-state index contributed by atoms with van der Waals surface area (Å²) in [6.07, 6.45) is 6.62. The molecule has 0 saturated carbocycles. The predicted octanol–water partition coefficient (Wildman–Crippen LogP) is 5.26. The number of furan rings is 1. The first-order valence-electron chi connectivity index (χ1n) is 6.74. The van der Waals surface area contributed by atoms with Gasteiger partial charge in [-0.1, -0.05) is 12.1 Å². The van der Waals surface area contributed by atoms with Crippen molar-refractivity contribution in [2.75, 3.05) is 0 Å². The quantitative estimate of drug-likeness (QED) is 0.515. The van der Waals surface area contributed by atoms with Crippen molar-refractivity contribution in [2.24, 2.45) is 0 Å². The fraction of sp³-hybridized carbons (Fsp3) is 0.412. The summed E-state index contributed by atoms with van der Waals surface area (Å²) >= 11 is 0. The van der Waals surface area contributed by atoms with Gasteiger partial charge in [0.25, 0.3) is 0 Å². The summed E-state index contributed by atoms with van der Waals surface area (Å²) in [4.78, 5) is 0. The summed E-state index contributed by atoms with van der Waals surface area (Å²) in [6, 6.07) is 4.24. The monoisotopic (exact) mass is 242 g/mol. The summed E-state index contributed by atoms with van der Waals surface area (Å²) in [7, 11) is 0. The van der Waals surface area contributed by atoms with Gasteiger partial charge in [0.05, 0.1) is 0 Å². The van der Waals surface area contributed by atoms with Crippen LogP contribution in [0.5, 0.6) is 0 Å². The van der Waals surface area contributed by atoms with Crippen molar-refractivity contribution >= 4 is 11.0 Å². The van der Waals surface area contributed by atoms with Gasteiger partial charge >= 0.3 is 0 Å². The van der Waals surface area contributed by atoms with Crippen molar-refractivity contribution in [1.29, 1.82) is 0 Å². The van der Waals surface area contributed by atoms with Crippen LogP contribution in [0.1, 0.15) is 41.7 Å². The molecule has 18 heavy (non-hydrogen) atoms. The van der Waals surface area contributed by atoms with Crippen LogP contribution in [0.25, 0.3) is 11.0 Å². The third kappa shape index (κ3) is 2.35. The Labute approximate surface area is 110 Å². The average molecular weight is 242 g/mol. The smallest absolute Gasteiger partial charge is 0.134 e. The standard InChI is InChI=1S/C17H22O/c1-5-6-7-8-9-15-14(4)18-16-11-10-12(2)13(3)17(15)16/h5,10-11H,1,6-9H2,2-4H3. The fourth-order valence-corrected chi connectivity index (χ4v) is 2.55. The van der Waals surface area contributed by atoms with E-state index in [4.69, 9.17) is 4.42 Å². The minimum atomic E-state index is 1.04. The van der Waals surface area contributed by atoms with Gasteiger partial charge in [-0.2, -0.15) is 0 Å². The van der Waals surface area contributed by atoms with Crippen molar-refractivity contribution in [3.05, 3.63) is 47.2 Å². The summed E-state index contributed by atoms with van der Waals surface area (Å²) in [6.45, 7) is 10.2. The fourth-order valence-electron chi connectivity index (χ4n) is 2.55. The number of hydrogen-bond donors (Lipinski definition) is 0. The molecular weight excluding hydrogens is 220 g/mol. The maximum atomic E-state index is 5.87. The Bertz CT molecular complexity index is 560. The van der Waals surface area contributed by atoms with Crippen LogP contribution in [0.4, 0.5) is 0 Å². The third-order valence-electron chi connectivity index (χ3n) is 3.77. The Morgan fingerprint density at radius 1 is 1.17 bits per heavy atom. The highest BCUT2D eigenvalue weighted by Gasteiger charge is 2.13. The second-order valence-corrected chi connectivity index (χ2v) is 5.05. The van der Waals surface area contributed by atoms with E-state index in [1.54, 1.807) is 0 Å². The lowest BCUT2D eigenvalue weighted by molar-refractivity contribution is 0.569. The molecule has 0 fully saturated rings. The zero-order valence-corrected chi connectivity index (χ0v) is 11.7. The van der Waals surface area contributed by atoms with E-state index in [1.165, 1.54) is 34.9 Å². The molecule has 1 aromatic carbocycles. The molecule has 0 spiro atoms. The second kappa shape index (κ2) is 5.43. The molecule has 0 atom stereocenters. The van der Waals surface area contributed by atoms with Crippen LogP contribution in [0.15, 0.2) is 29.2 Å². The largest absolute Gasteiger partial charge is 0.461 e.